The Labute approximate surface area is 169 Å². The zero-order valence-corrected chi connectivity index (χ0v) is 16.1. The second kappa shape index (κ2) is 8.31. The summed E-state index contributed by atoms with van der Waals surface area (Å²) in [7, 11) is 0. The third kappa shape index (κ3) is 4.26. The molecule has 1 aromatic heterocycles. The number of carbonyl (C=O) groups is 1. The van der Waals surface area contributed by atoms with E-state index in [1.54, 1.807) is 24.3 Å². The third-order valence-electron chi connectivity index (χ3n) is 4.85. The molecule has 0 aliphatic carbocycles. The number of amides is 1. The van der Waals surface area contributed by atoms with Crippen molar-refractivity contribution in [1.82, 2.24) is 4.98 Å². The molecule has 0 unspecified atom stereocenters. The van der Waals surface area contributed by atoms with Crippen molar-refractivity contribution in [2.24, 2.45) is 0 Å². The Morgan fingerprint density at radius 2 is 1.54 bits per heavy atom. The first-order chi connectivity index (χ1) is 13.7. The summed E-state index contributed by atoms with van der Waals surface area (Å²) in [6.45, 7) is 3.75. The van der Waals surface area contributed by atoms with Gasteiger partial charge in [0.25, 0.3) is 5.91 Å². The number of nitrogens with one attached hydrogen (secondary N) is 1. The molecule has 1 amide bonds. The number of anilines is 3. The van der Waals surface area contributed by atoms with Crippen molar-refractivity contribution in [3.63, 3.8) is 0 Å². The van der Waals surface area contributed by atoms with Gasteiger partial charge in [0.2, 0.25) is 0 Å². The average Bonchev–Trinajstić information content (AvgIpc) is 2.75. The van der Waals surface area contributed by atoms with E-state index in [9.17, 15) is 4.79 Å². The Morgan fingerprint density at radius 3 is 2.18 bits per heavy atom. The fourth-order valence-corrected chi connectivity index (χ4v) is 3.42. The number of aromatic nitrogens is 1. The SMILES string of the molecule is O=C(Nc1ccc(N2CCN(c3ccccn3)CC2)cc1)c1ccc(Cl)cc1. The quantitative estimate of drug-likeness (QED) is 0.718. The van der Waals surface area contributed by atoms with E-state index in [1.165, 1.54) is 0 Å². The molecule has 0 atom stereocenters. The molecular formula is C22H21ClN4O. The van der Waals surface area contributed by atoms with Crippen molar-refractivity contribution >= 4 is 34.7 Å². The number of hydrogen-bond acceptors (Lipinski definition) is 4. The van der Waals surface area contributed by atoms with Gasteiger partial charge in [-0.3, -0.25) is 4.79 Å². The molecule has 0 saturated carbocycles. The van der Waals surface area contributed by atoms with E-state index in [0.717, 1.165) is 43.4 Å². The topological polar surface area (TPSA) is 48.5 Å². The fraction of sp³-hybridized carbons (Fsp3) is 0.182. The molecule has 3 aromatic rings. The first kappa shape index (κ1) is 18.3. The van der Waals surface area contributed by atoms with E-state index in [-0.39, 0.29) is 5.91 Å². The lowest BCUT2D eigenvalue weighted by Crippen LogP contribution is -2.46. The molecule has 142 valence electrons. The maximum absolute atomic E-state index is 12.3. The van der Waals surface area contributed by atoms with Gasteiger partial charge < -0.3 is 15.1 Å². The van der Waals surface area contributed by atoms with E-state index in [1.807, 2.05) is 48.7 Å². The molecule has 2 aromatic carbocycles. The van der Waals surface area contributed by atoms with Crippen molar-refractivity contribution in [3.8, 4) is 0 Å². The van der Waals surface area contributed by atoms with E-state index in [4.69, 9.17) is 11.6 Å². The number of piperazine rings is 1. The zero-order chi connectivity index (χ0) is 19.3. The normalized spacial score (nSPS) is 14.0. The summed E-state index contributed by atoms with van der Waals surface area (Å²) in [5.41, 5.74) is 2.51. The van der Waals surface area contributed by atoms with Crippen LogP contribution in [0.15, 0.2) is 72.9 Å². The zero-order valence-electron chi connectivity index (χ0n) is 15.4. The highest BCUT2D eigenvalue weighted by atomic mass is 35.5. The van der Waals surface area contributed by atoms with Crippen LogP contribution < -0.4 is 15.1 Å². The van der Waals surface area contributed by atoms with Gasteiger partial charge >= 0.3 is 0 Å². The number of halogens is 1. The summed E-state index contributed by atoms with van der Waals surface area (Å²) in [5, 5.41) is 3.53. The van der Waals surface area contributed by atoms with Crippen LogP contribution in [-0.2, 0) is 0 Å². The van der Waals surface area contributed by atoms with Gasteiger partial charge in [-0.15, -0.1) is 0 Å². The second-order valence-corrected chi connectivity index (χ2v) is 7.11. The molecule has 5 nitrogen and oxygen atoms in total. The molecule has 6 heteroatoms. The smallest absolute Gasteiger partial charge is 0.255 e. The van der Waals surface area contributed by atoms with Crippen LogP contribution in [0.1, 0.15) is 10.4 Å². The monoisotopic (exact) mass is 392 g/mol. The first-order valence-electron chi connectivity index (χ1n) is 9.27. The van der Waals surface area contributed by atoms with Gasteiger partial charge in [-0.05, 0) is 60.7 Å². The van der Waals surface area contributed by atoms with E-state index < -0.39 is 0 Å². The van der Waals surface area contributed by atoms with Gasteiger partial charge in [0.1, 0.15) is 5.82 Å². The number of pyridine rings is 1. The minimum absolute atomic E-state index is 0.145. The number of rotatable bonds is 4. The highest BCUT2D eigenvalue weighted by molar-refractivity contribution is 6.30. The highest BCUT2D eigenvalue weighted by Gasteiger charge is 2.18. The summed E-state index contributed by atoms with van der Waals surface area (Å²) in [6, 6.07) is 20.8. The predicted octanol–water partition coefficient (Wildman–Crippen LogP) is 4.31. The Hall–Kier alpha value is -3.05. The number of carbonyl (C=O) groups excluding carboxylic acids is 1. The van der Waals surface area contributed by atoms with Crippen molar-refractivity contribution in [1.29, 1.82) is 0 Å². The molecule has 1 aliphatic heterocycles. The van der Waals surface area contributed by atoms with E-state index >= 15 is 0 Å². The van der Waals surface area contributed by atoms with Gasteiger partial charge in [-0.2, -0.15) is 0 Å². The Bertz CT molecular complexity index is 921. The molecular weight excluding hydrogens is 372 g/mol. The van der Waals surface area contributed by atoms with Crippen molar-refractivity contribution in [3.05, 3.63) is 83.5 Å². The number of hydrogen-bond donors (Lipinski definition) is 1. The molecule has 1 saturated heterocycles. The van der Waals surface area contributed by atoms with Crippen molar-refractivity contribution < 1.29 is 4.79 Å². The van der Waals surface area contributed by atoms with Crippen LogP contribution in [0, 0.1) is 0 Å². The molecule has 4 rings (SSSR count). The summed E-state index contributed by atoms with van der Waals surface area (Å²) < 4.78 is 0. The molecule has 1 aliphatic rings. The van der Waals surface area contributed by atoms with Gasteiger partial charge in [-0.25, -0.2) is 4.98 Å². The maximum Gasteiger partial charge on any atom is 0.255 e. The maximum atomic E-state index is 12.3. The minimum atomic E-state index is -0.145. The van der Waals surface area contributed by atoms with E-state index in [2.05, 4.69) is 20.1 Å². The molecule has 0 radical (unpaired) electrons. The summed E-state index contributed by atoms with van der Waals surface area (Å²) in [4.78, 5) is 21.4. The highest BCUT2D eigenvalue weighted by Crippen LogP contribution is 2.21. The molecule has 0 spiro atoms. The molecule has 2 heterocycles. The number of benzene rings is 2. The lowest BCUT2D eigenvalue weighted by molar-refractivity contribution is 0.102. The molecule has 0 bridgehead atoms. The Kier molecular flexibility index (Phi) is 5.44. The Morgan fingerprint density at radius 1 is 0.857 bits per heavy atom. The van der Waals surface area contributed by atoms with Gasteiger partial charge in [0, 0.05) is 54.3 Å². The van der Waals surface area contributed by atoms with Gasteiger partial charge in [-0.1, -0.05) is 17.7 Å². The largest absolute Gasteiger partial charge is 0.368 e. The van der Waals surface area contributed by atoms with Crippen LogP contribution >= 0.6 is 11.6 Å². The van der Waals surface area contributed by atoms with Crippen LogP contribution in [0.3, 0.4) is 0 Å². The molecule has 1 fully saturated rings. The summed E-state index contributed by atoms with van der Waals surface area (Å²) in [6.07, 6.45) is 1.83. The minimum Gasteiger partial charge on any atom is -0.368 e. The van der Waals surface area contributed by atoms with Crippen LogP contribution in [0.5, 0.6) is 0 Å². The third-order valence-corrected chi connectivity index (χ3v) is 5.10. The molecule has 28 heavy (non-hydrogen) atoms. The predicted molar refractivity (Wildman–Crippen MR) is 115 cm³/mol. The van der Waals surface area contributed by atoms with Crippen LogP contribution in [0.4, 0.5) is 17.2 Å². The number of nitrogens with zero attached hydrogens (tertiary/aromatic N) is 3. The second-order valence-electron chi connectivity index (χ2n) is 6.67. The van der Waals surface area contributed by atoms with Crippen LogP contribution in [0.25, 0.3) is 0 Å². The average molecular weight is 393 g/mol. The summed E-state index contributed by atoms with van der Waals surface area (Å²) >= 11 is 5.87. The lowest BCUT2D eigenvalue weighted by Gasteiger charge is -2.36. The van der Waals surface area contributed by atoms with Gasteiger partial charge in [0.05, 0.1) is 0 Å². The van der Waals surface area contributed by atoms with E-state index in [0.29, 0.717) is 10.6 Å². The van der Waals surface area contributed by atoms with Crippen LogP contribution in [-0.4, -0.2) is 37.1 Å². The lowest BCUT2D eigenvalue weighted by atomic mass is 10.2. The fourth-order valence-electron chi connectivity index (χ4n) is 3.29. The van der Waals surface area contributed by atoms with Crippen LogP contribution in [0.2, 0.25) is 5.02 Å². The van der Waals surface area contributed by atoms with Crippen molar-refractivity contribution in [2.45, 2.75) is 0 Å². The summed E-state index contributed by atoms with van der Waals surface area (Å²) in [5.74, 6) is 0.885. The molecule has 1 N–H and O–H groups in total. The standard InChI is InChI=1S/C22H21ClN4O/c23-18-6-4-17(5-7-18)22(28)25-19-8-10-20(11-9-19)26-13-15-27(16-14-26)21-3-1-2-12-24-21/h1-12H,13-16H2,(H,25,28). The Balaban J connectivity index is 1.35. The van der Waals surface area contributed by atoms with Gasteiger partial charge in [0.15, 0.2) is 0 Å². The van der Waals surface area contributed by atoms with Crippen molar-refractivity contribution in [2.75, 3.05) is 41.3 Å². The first-order valence-corrected chi connectivity index (χ1v) is 9.65.